The molecular weight excluding hydrogens is 270 g/mol. The Bertz CT molecular complexity index is 395. The highest BCUT2D eigenvalue weighted by atomic mass is 32.1. The number of rotatable bonds is 7. The van der Waals surface area contributed by atoms with Crippen molar-refractivity contribution in [1.82, 2.24) is 5.32 Å². The van der Waals surface area contributed by atoms with Gasteiger partial charge in [-0.3, -0.25) is 4.79 Å². The van der Waals surface area contributed by atoms with Gasteiger partial charge in [0, 0.05) is 10.9 Å². The van der Waals surface area contributed by atoms with E-state index in [0.29, 0.717) is 0 Å². The van der Waals surface area contributed by atoms with Crippen molar-refractivity contribution < 1.29 is 9.53 Å². The van der Waals surface area contributed by atoms with Gasteiger partial charge in [0.25, 0.3) is 0 Å². The quantitative estimate of drug-likeness (QED) is 0.778. The van der Waals surface area contributed by atoms with Gasteiger partial charge < -0.3 is 10.1 Å². The van der Waals surface area contributed by atoms with Crippen LogP contribution in [0, 0.1) is 0 Å². The Kier molecular flexibility index (Phi) is 6.69. The van der Waals surface area contributed by atoms with E-state index in [1.54, 1.807) is 11.3 Å². The summed E-state index contributed by atoms with van der Waals surface area (Å²) in [5.74, 6) is -0.141. The van der Waals surface area contributed by atoms with Crippen LogP contribution in [0.2, 0.25) is 0 Å². The Balaban J connectivity index is 2.55. The van der Waals surface area contributed by atoms with Crippen LogP contribution in [0.1, 0.15) is 52.3 Å². The molecule has 0 spiro atoms. The molecule has 0 radical (unpaired) electrons. The van der Waals surface area contributed by atoms with Crippen LogP contribution >= 0.6 is 11.3 Å². The number of hydrogen-bond acceptors (Lipinski definition) is 4. The van der Waals surface area contributed by atoms with Gasteiger partial charge in [-0.25, -0.2) is 0 Å². The third-order valence-electron chi connectivity index (χ3n) is 2.84. The summed E-state index contributed by atoms with van der Waals surface area (Å²) in [6.07, 6.45) is 2.72. The Morgan fingerprint density at radius 2 is 2.15 bits per heavy atom. The first-order valence-electron chi connectivity index (χ1n) is 7.33. The molecule has 1 aromatic rings. The molecule has 0 aliphatic carbocycles. The van der Waals surface area contributed by atoms with Crippen molar-refractivity contribution >= 4 is 17.3 Å². The minimum Gasteiger partial charge on any atom is -0.459 e. The van der Waals surface area contributed by atoms with E-state index >= 15 is 0 Å². The van der Waals surface area contributed by atoms with Gasteiger partial charge in [0.2, 0.25) is 0 Å². The molecule has 20 heavy (non-hydrogen) atoms. The lowest BCUT2D eigenvalue weighted by Gasteiger charge is -2.26. The molecule has 0 aliphatic heterocycles. The maximum atomic E-state index is 12.2. The molecule has 1 heterocycles. The smallest absolute Gasteiger partial charge is 0.323 e. The van der Waals surface area contributed by atoms with Gasteiger partial charge in [0.15, 0.2) is 0 Å². The fourth-order valence-corrected chi connectivity index (χ4v) is 2.90. The van der Waals surface area contributed by atoms with Gasteiger partial charge in [0.05, 0.1) is 0 Å². The molecule has 4 heteroatoms. The van der Waals surface area contributed by atoms with Crippen molar-refractivity contribution in [1.29, 1.82) is 0 Å². The first-order valence-corrected chi connectivity index (χ1v) is 8.21. The number of carbonyl (C=O) groups is 1. The highest BCUT2D eigenvalue weighted by Crippen LogP contribution is 2.14. The largest absolute Gasteiger partial charge is 0.459 e. The average molecular weight is 297 g/mol. The van der Waals surface area contributed by atoms with E-state index in [2.05, 4.69) is 36.7 Å². The van der Waals surface area contributed by atoms with E-state index in [0.717, 1.165) is 19.3 Å². The normalized spacial score (nSPS) is 14.8. The molecule has 0 aliphatic rings. The summed E-state index contributed by atoms with van der Waals surface area (Å²) < 4.78 is 5.49. The molecule has 0 amide bonds. The summed E-state index contributed by atoms with van der Waals surface area (Å²) in [5, 5.41) is 5.49. The fraction of sp³-hybridized carbons (Fsp3) is 0.688. The molecule has 114 valence electrons. The molecule has 0 unspecified atom stereocenters. The van der Waals surface area contributed by atoms with Crippen LogP contribution in [0.3, 0.4) is 0 Å². The first-order chi connectivity index (χ1) is 9.31. The zero-order valence-electron chi connectivity index (χ0n) is 13.2. The maximum Gasteiger partial charge on any atom is 0.323 e. The Hall–Kier alpha value is -0.870. The van der Waals surface area contributed by atoms with Gasteiger partial charge >= 0.3 is 5.97 Å². The van der Waals surface area contributed by atoms with Crippen LogP contribution in [0.25, 0.3) is 0 Å². The molecule has 1 rings (SSSR count). The molecule has 0 saturated heterocycles. The van der Waals surface area contributed by atoms with Gasteiger partial charge in [0.1, 0.15) is 11.6 Å². The van der Waals surface area contributed by atoms with E-state index in [1.807, 2.05) is 20.8 Å². The second kappa shape index (κ2) is 7.79. The van der Waals surface area contributed by atoms with Crippen molar-refractivity contribution in [3.05, 3.63) is 22.4 Å². The predicted molar refractivity (Wildman–Crippen MR) is 85.2 cm³/mol. The summed E-state index contributed by atoms with van der Waals surface area (Å²) in [4.78, 5) is 13.5. The molecule has 0 saturated carbocycles. The Morgan fingerprint density at radius 1 is 1.45 bits per heavy atom. The molecule has 0 bridgehead atoms. The molecule has 1 N–H and O–H groups in total. The van der Waals surface area contributed by atoms with Crippen LogP contribution in [-0.2, 0) is 16.0 Å². The highest BCUT2D eigenvalue weighted by Gasteiger charge is 2.25. The van der Waals surface area contributed by atoms with Crippen molar-refractivity contribution in [2.75, 3.05) is 0 Å². The molecule has 3 nitrogen and oxygen atoms in total. The minimum absolute atomic E-state index is 0.141. The monoisotopic (exact) mass is 297 g/mol. The van der Waals surface area contributed by atoms with E-state index in [9.17, 15) is 4.79 Å². The molecule has 2 atom stereocenters. The number of hydrogen-bond donors (Lipinski definition) is 1. The first kappa shape index (κ1) is 17.2. The third-order valence-corrected chi connectivity index (χ3v) is 3.74. The van der Waals surface area contributed by atoms with Crippen LogP contribution in [0.5, 0.6) is 0 Å². The van der Waals surface area contributed by atoms with Crippen molar-refractivity contribution in [2.24, 2.45) is 0 Å². The van der Waals surface area contributed by atoms with Gasteiger partial charge in [-0.15, -0.1) is 11.3 Å². The SMILES string of the molecule is CCC[C@H](N[C@H](C)Cc1cccs1)C(=O)OC(C)(C)C. The molecule has 1 aromatic heterocycles. The van der Waals surface area contributed by atoms with Gasteiger partial charge in [-0.05, 0) is 52.0 Å². The van der Waals surface area contributed by atoms with Crippen LogP contribution in [-0.4, -0.2) is 23.7 Å². The van der Waals surface area contributed by atoms with Gasteiger partial charge in [-0.2, -0.15) is 0 Å². The molecular formula is C16H27NO2S. The lowest BCUT2D eigenvalue weighted by Crippen LogP contribution is -2.45. The lowest BCUT2D eigenvalue weighted by molar-refractivity contribution is -0.157. The summed E-state index contributed by atoms with van der Waals surface area (Å²) in [5.41, 5.74) is -0.429. The molecule has 0 fully saturated rings. The van der Waals surface area contributed by atoms with Crippen LogP contribution in [0.4, 0.5) is 0 Å². The summed E-state index contributed by atoms with van der Waals surface area (Å²) in [7, 11) is 0. The molecule has 0 aromatic carbocycles. The minimum atomic E-state index is -0.429. The van der Waals surface area contributed by atoms with Crippen molar-refractivity contribution in [2.45, 2.75) is 71.6 Å². The van der Waals surface area contributed by atoms with Gasteiger partial charge in [-0.1, -0.05) is 19.4 Å². The average Bonchev–Trinajstić information content (AvgIpc) is 2.78. The second-order valence-corrected chi connectivity index (χ2v) is 7.26. The van der Waals surface area contributed by atoms with E-state index in [1.165, 1.54) is 4.88 Å². The standard InChI is InChI=1S/C16H27NO2S/c1-6-8-14(15(18)19-16(3,4)5)17-12(2)11-13-9-7-10-20-13/h7,9-10,12,14,17H,6,8,11H2,1-5H3/t12-,14+/m1/s1. The van der Waals surface area contributed by atoms with Crippen molar-refractivity contribution in [3.63, 3.8) is 0 Å². The summed E-state index contributed by atoms with van der Waals surface area (Å²) in [6.45, 7) is 9.92. The zero-order valence-corrected chi connectivity index (χ0v) is 14.0. The van der Waals surface area contributed by atoms with E-state index < -0.39 is 5.60 Å². The lowest BCUT2D eigenvalue weighted by atomic mass is 10.1. The summed E-state index contributed by atoms with van der Waals surface area (Å²) >= 11 is 1.75. The summed E-state index contributed by atoms with van der Waals surface area (Å²) in [6, 6.07) is 4.24. The second-order valence-electron chi connectivity index (χ2n) is 6.23. The number of esters is 1. The zero-order chi connectivity index (χ0) is 15.2. The predicted octanol–water partition coefficient (Wildman–Crippen LogP) is 3.78. The topological polar surface area (TPSA) is 38.3 Å². The maximum absolute atomic E-state index is 12.2. The Morgan fingerprint density at radius 3 is 2.65 bits per heavy atom. The Labute approximate surface area is 126 Å². The fourth-order valence-electron chi connectivity index (χ4n) is 2.06. The number of ether oxygens (including phenoxy) is 1. The van der Waals surface area contributed by atoms with Crippen molar-refractivity contribution in [3.8, 4) is 0 Å². The number of nitrogens with one attached hydrogen (secondary N) is 1. The number of thiophene rings is 1. The van der Waals surface area contributed by atoms with E-state index in [4.69, 9.17) is 4.74 Å². The van der Waals surface area contributed by atoms with Crippen LogP contribution in [0.15, 0.2) is 17.5 Å². The number of carbonyl (C=O) groups excluding carboxylic acids is 1. The third kappa shape index (κ3) is 6.53. The van der Waals surface area contributed by atoms with E-state index in [-0.39, 0.29) is 18.1 Å². The highest BCUT2D eigenvalue weighted by molar-refractivity contribution is 7.09. The van der Waals surface area contributed by atoms with Crippen LogP contribution < -0.4 is 5.32 Å².